The van der Waals surface area contributed by atoms with Crippen molar-refractivity contribution < 1.29 is 18.8 Å². The number of nitrogens with zero attached hydrogens (tertiary/aromatic N) is 2. The third kappa shape index (κ3) is 4.69. The van der Waals surface area contributed by atoms with E-state index >= 15 is 0 Å². The topological polar surface area (TPSA) is 81.8 Å². The lowest BCUT2D eigenvalue weighted by Gasteiger charge is -2.27. The highest BCUT2D eigenvalue weighted by atomic mass is 19.1. The van der Waals surface area contributed by atoms with Crippen molar-refractivity contribution in [1.29, 1.82) is 0 Å². The Morgan fingerprint density at radius 3 is 2.36 bits per heavy atom. The van der Waals surface area contributed by atoms with E-state index < -0.39 is 35.7 Å². The van der Waals surface area contributed by atoms with Crippen molar-refractivity contribution in [1.82, 2.24) is 10.2 Å². The van der Waals surface area contributed by atoms with Crippen LogP contribution < -0.4 is 15.5 Å². The zero-order valence-corrected chi connectivity index (χ0v) is 18.8. The molecule has 2 aliphatic rings. The molecular weight excluding hydrogens is 423 g/mol. The molecule has 2 aromatic rings. The molecule has 0 bridgehead atoms. The first-order valence-electron chi connectivity index (χ1n) is 11.5. The molecule has 8 heteroatoms. The summed E-state index contributed by atoms with van der Waals surface area (Å²) in [6, 6.07) is 12.5. The summed E-state index contributed by atoms with van der Waals surface area (Å²) >= 11 is 0. The van der Waals surface area contributed by atoms with E-state index in [1.54, 1.807) is 0 Å². The lowest BCUT2D eigenvalue weighted by molar-refractivity contribution is -0.134. The molecule has 2 heterocycles. The molecule has 2 aliphatic heterocycles. The molecule has 0 aliphatic carbocycles. The van der Waals surface area contributed by atoms with Crippen molar-refractivity contribution in [3.05, 3.63) is 59.9 Å². The Labute approximate surface area is 192 Å². The van der Waals surface area contributed by atoms with Gasteiger partial charge in [0.25, 0.3) is 5.91 Å². The van der Waals surface area contributed by atoms with Crippen LogP contribution >= 0.6 is 0 Å². The predicted octanol–water partition coefficient (Wildman–Crippen LogP) is 4.00. The van der Waals surface area contributed by atoms with Crippen LogP contribution in [0.4, 0.5) is 20.6 Å². The van der Waals surface area contributed by atoms with E-state index in [-0.39, 0.29) is 0 Å². The fourth-order valence-electron chi connectivity index (χ4n) is 4.53. The van der Waals surface area contributed by atoms with Gasteiger partial charge in [-0.05, 0) is 61.2 Å². The third-order valence-electron chi connectivity index (χ3n) is 6.34. The number of carbonyl (C=O) groups excluding carboxylic acids is 3. The Kier molecular flexibility index (Phi) is 6.62. The molecule has 0 radical (unpaired) electrons. The van der Waals surface area contributed by atoms with Crippen molar-refractivity contribution in [2.45, 2.75) is 44.6 Å². The number of rotatable bonds is 8. The molecule has 7 nitrogen and oxygen atoms in total. The second-order valence-corrected chi connectivity index (χ2v) is 8.63. The fourth-order valence-corrected chi connectivity index (χ4v) is 4.53. The largest absolute Gasteiger partial charge is 0.372 e. The molecule has 2 saturated heterocycles. The second-order valence-electron chi connectivity index (χ2n) is 8.63. The van der Waals surface area contributed by atoms with Crippen LogP contribution in [0.5, 0.6) is 0 Å². The smallest absolute Gasteiger partial charge is 0.325 e. The number of nitrogens with one attached hydrogen (secondary N) is 2. The molecule has 1 unspecified atom stereocenters. The number of carbonyl (C=O) groups is 3. The van der Waals surface area contributed by atoms with E-state index in [9.17, 15) is 18.8 Å². The molecule has 0 aromatic heterocycles. The van der Waals surface area contributed by atoms with Crippen LogP contribution in [-0.2, 0) is 15.1 Å². The summed E-state index contributed by atoms with van der Waals surface area (Å²) in [5.41, 5.74) is 0.930. The van der Waals surface area contributed by atoms with Crippen LogP contribution in [0, 0.1) is 5.82 Å². The number of hydrogen-bond donors (Lipinski definition) is 2. The van der Waals surface area contributed by atoms with Crippen LogP contribution in [-0.4, -0.2) is 42.4 Å². The van der Waals surface area contributed by atoms with Crippen molar-refractivity contribution >= 4 is 29.2 Å². The van der Waals surface area contributed by atoms with Gasteiger partial charge in [0.1, 0.15) is 17.9 Å². The van der Waals surface area contributed by atoms with Gasteiger partial charge in [0.2, 0.25) is 5.91 Å². The van der Waals surface area contributed by atoms with Gasteiger partial charge in [-0.3, -0.25) is 14.5 Å². The number of anilines is 2. The maximum Gasteiger partial charge on any atom is 0.325 e. The summed E-state index contributed by atoms with van der Waals surface area (Å²) in [4.78, 5) is 42.0. The third-order valence-corrected chi connectivity index (χ3v) is 6.34. The van der Waals surface area contributed by atoms with Gasteiger partial charge in [-0.1, -0.05) is 31.9 Å². The molecule has 2 fully saturated rings. The van der Waals surface area contributed by atoms with Gasteiger partial charge < -0.3 is 15.5 Å². The summed E-state index contributed by atoms with van der Waals surface area (Å²) in [5.74, 6) is -1.38. The van der Waals surface area contributed by atoms with Crippen LogP contribution in [0.1, 0.15) is 44.6 Å². The molecule has 33 heavy (non-hydrogen) atoms. The molecule has 0 saturated carbocycles. The highest BCUT2D eigenvalue weighted by Crippen LogP contribution is 2.34. The summed E-state index contributed by atoms with van der Waals surface area (Å²) in [6.07, 6.45) is 4.24. The lowest BCUT2D eigenvalue weighted by Crippen LogP contribution is -2.44. The van der Waals surface area contributed by atoms with Gasteiger partial charge >= 0.3 is 6.03 Å². The van der Waals surface area contributed by atoms with E-state index in [0.717, 1.165) is 30.1 Å². The number of benzene rings is 2. The van der Waals surface area contributed by atoms with E-state index in [0.29, 0.717) is 24.1 Å². The maximum atomic E-state index is 13.5. The standard InChI is InChI=1S/C25H29FN4O3/c1-2-3-14-25(18-6-8-19(26)9-7-18)23(32)30(24(33)28-25)17-22(31)27-20-10-12-21(13-11-20)29-15-4-5-16-29/h6-13H,2-5,14-17H2,1H3,(H,27,31)(H,28,33). The minimum atomic E-state index is -1.29. The van der Waals surface area contributed by atoms with Gasteiger partial charge in [-0.2, -0.15) is 0 Å². The minimum Gasteiger partial charge on any atom is -0.372 e. The Bertz CT molecular complexity index is 1020. The number of unbranched alkanes of at least 4 members (excludes halogenated alkanes) is 1. The van der Waals surface area contributed by atoms with Crippen LogP contribution in [0.3, 0.4) is 0 Å². The molecular formula is C25H29FN4O3. The molecule has 4 rings (SSSR count). The van der Waals surface area contributed by atoms with E-state index in [1.165, 1.54) is 37.1 Å². The summed E-state index contributed by atoms with van der Waals surface area (Å²) in [5, 5.41) is 5.54. The van der Waals surface area contributed by atoms with Gasteiger partial charge in [-0.15, -0.1) is 0 Å². The highest BCUT2D eigenvalue weighted by Gasteiger charge is 2.52. The van der Waals surface area contributed by atoms with Gasteiger partial charge in [0, 0.05) is 24.5 Å². The van der Waals surface area contributed by atoms with Crippen molar-refractivity contribution in [2.75, 3.05) is 29.9 Å². The number of amides is 4. The fraction of sp³-hybridized carbons (Fsp3) is 0.400. The van der Waals surface area contributed by atoms with E-state index in [1.807, 2.05) is 31.2 Å². The predicted molar refractivity (Wildman–Crippen MR) is 124 cm³/mol. The van der Waals surface area contributed by atoms with Gasteiger partial charge in [0.15, 0.2) is 0 Å². The zero-order valence-electron chi connectivity index (χ0n) is 18.8. The van der Waals surface area contributed by atoms with Crippen molar-refractivity contribution in [3.63, 3.8) is 0 Å². The molecule has 2 aromatic carbocycles. The Morgan fingerprint density at radius 2 is 1.73 bits per heavy atom. The second kappa shape index (κ2) is 9.60. The van der Waals surface area contributed by atoms with Crippen LogP contribution in [0.25, 0.3) is 0 Å². The molecule has 1 atom stereocenters. The summed E-state index contributed by atoms with van der Waals surface area (Å²) < 4.78 is 13.5. The summed E-state index contributed by atoms with van der Waals surface area (Å²) in [7, 11) is 0. The first-order chi connectivity index (χ1) is 15.9. The Hall–Kier alpha value is -3.42. The number of hydrogen-bond acceptors (Lipinski definition) is 4. The number of urea groups is 1. The molecule has 2 N–H and O–H groups in total. The molecule has 4 amide bonds. The number of imide groups is 1. The van der Waals surface area contributed by atoms with Crippen LogP contribution in [0.15, 0.2) is 48.5 Å². The van der Waals surface area contributed by atoms with Crippen molar-refractivity contribution in [2.24, 2.45) is 0 Å². The zero-order chi connectivity index (χ0) is 23.4. The number of halogens is 1. The first-order valence-corrected chi connectivity index (χ1v) is 11.5. The average Bonchev–Trinajstić information content (AvgIpc) is 3.42. The SMILES string of the molecule is CCCCC1(c2ccc(F)cc2)NC(=O)N(CC(=O)Nc2ccc(N3CCCC3)cc2)C1=O. The average molecular weight is 453 g/mol. The molecule has 174 valence electrons. The monoisotopic (exact) mass is 452 g/mol. The Balaban J connectivity index is 1.46. The van der Waals surface area contributed by atoms with Gasteiger partial charge in [-0.25, -0.2) is 9.18 Å². The van der Waals surface area contributed by atoms with E-state index in [2.05, 4.69) is 15.5 Å². The highest BCUT2D eigenvalue weighted by molar-refractivity contribution is 6.10. The summed E-state index contributed by atoms with van der Waals surface area (Å²) in [6.45, 7) is 3.66. The maximum absolute atomic E-state index is 13.5. The Morgan fingerprint density at radius 1 is 1.06 bits per heavy atom. The first kappa shape index (κ1) is 22.8. The lowest BCUT2D eigenvalue weighted by atomic mass is 9.85. The normalized spacial score (nSPS) is 20.3. The van der Waals surface area contributed by atoms with E-state index in [4.69, 9.17) is 0 Å². The van der Waals surface area contributed by atoms with Crippen LogP contribution in [0.2, 0.25) is 0 Å². The van der Waals surface area contributed by atoms with Gasteiger partial charge in [0.05, 0.1) is 0 Å². The molecule has 0 spiro atoms. The van der Waals surface area contributed by atoms with Crippen molar-refractivity contribution in [3.8, 4) is 0 Å². The quantitative estimate of drug-likeness (QED) is 0.593. The minimum absolute atomic E-state index is 0.371.